The van der Waals surface area contributed by atoms with Crippen molar-refractivity contribution in [2.24, 2.45) is 0 Å². The van der Waals surface area contributed by atoms with Crippen molar-refractivity contribution < 1.29 is 13.2 Å². The third-order valence-corrected chi connectivity index (χ3v) is 4.63. The second kappa shape index (κ2) is 7.74. The van der Waals surface area contributed by atoms with Gasteiger partial charge < -0.3 is 0 Å². The van der Waals surface area contributed by atoms with E-state index in [1.807, 2.05) is 16.7 Å². The number of allylic oxidation sites excluding steroid dienone is 1. The third kappa shape index (κ3) is 4.13. The zero-order valence-corrected chi connectivity index (χ0v) is 14.5. The second-order valence-corrected chi connectivity index (χ2v) is 6.37. The van der Waals surface area contributed by atoms with Crippen molar-refractivity contribution in [3.05, 3.63) is 72.6 Å². The predicted octanol–water partition coefficient (Wildman–Crippen LogP) is 4.84. The number of hydrogen-bond donors (Lipinski definition) is 0. The van der Waals surface area contributed by atoms with Crippen molar-refractivity contribution in [1.82, 2.24) is 19.7 Å². The summed E-state index contributed by atoms with van der Waals surface area (Å²) >= 11 is 1.33. The van der Waals surface area contributed by atoms with E-state index < -0.39 is 11.7 Å². The number of hydrogen-bond acceptors (Lipinski definition) is 4. The van der Waals surface area contributed by atoms with Crippen LogP contribution in [-0.2, 0) is 18.5 Å². The van der Waals surface area contributed by atoms with Gasteiger partial charge >= 0.3 is 6.18 Å². The number of pyridine rings is 1. The summed E-state index contributed by atoms with van der Waals surface area (Å²) < 4.78 is 40.4. The molecule has 8 heteroatoms. The molecule has 0 aliphatic heterocycles. The van der Waals surface area contributed by atoms with E-state index in [2.05, 4.69) is 21.8 Å². The number of benzene rings is 1. The fourth-order valence-corrected chi connectivity index (χ4v) is 3.28. The smallest absolute Gasteiger partial charge is 0.298 e. The maximum atomic E-state index is 12.8. The first kappa shape index (κ1) is 18.2. The Morgan fingerprint density at radius 2 is 1.88 bits per heavy atom. The minimum atomic E-state index is -4.35. The molecule has 2 heterocycles. The Labute approximate surface area is 152 Å². The van der Waals surface area contributed by atoms with Gasteiger partial charge in [0.2, 0.25) is 0 Å². The quantitative estimate of drug-likeness (QED) is 0.456. The van der Waals surface area contributed by atoms with Gasteiger partial charge in [0.15, 0.2) is 11.0 Å². The van der Waals surface area contributed by atoms with Crippen molar-refractivity contribution in [3.63, 3.8) is 0 Å². The highest BCUT2D eigenvalue weighted by molar-refractivity contribution is 7.98. The SMILES string of the molecule is C=CCn1c(SCc2cccc(C(F)(F)F)c2)nnc1-c1ccncc1. The van der Waals surface area contributed by atoms with Crippen LogP contribution < -0.4 is 0 Å². The van der Waals surface area contributed by atoms with Crippen LogP contribution in [0.1, 0.15) is 11.1 Å². The lowest BCUT2D eigenvalue weighted by molar-refractivity contribution is -0.137. The van der Waals surface area contributed by atoms with Gasteiger partial charge in [0.05, 0.1) is 5.56 Å². The van der Waals surface area contributed by atoms with Crippen LogP contribution in [0.2, 0.25) is 0 Å². The molecule has 0 amide bonds. The topological polar surface area (TPSA) is 43.6 Å². The number of alkyl halides is 3. The fraction of sp³-hybridized carbons (Fsp3) is 0.167. The van der Waals surface area contributed by atoms with Gasteiger partial charge in [-0.05, 0) is 23.8 Å². The van der Waals surface area contributed by atoms with Crippen molar-refractivity contribution in [2.75, 3.05) is 0 Å². The Morgan fingerprint density at radius 1 is 1.12 bits per heavy atom. The molecule has 0 fully saturated rings. The molecule has 3 rings (SSSR count). The molecular formula is C18H15F3N4S. The molecule has 0 N–H and O–H groups in total. The van der Waals surface area contributed by atoms with Gasteiger partial charge in [-0.3, -0.25) is 9.55 Å². The van der Waals surface area contributed by atoms with Crippen molar-refractivity contribution in [2.45, 2.75) is 23.6 Å². The molecule has 0 atom stereocenters. The Bertz CT molecular complexity index is 891. The summed E-state index contributed by atoms with van der Waals surface area (Å²) in [7, 11) is 0. The Balaban J connectivity index is 1.83. The van der Waals surface area contributed by atoms with E-state index in [0.717, 1.165) is 17.7 Å². The molecule has 0 aliphatic carbocycles. The van der Waals surface area contributed by atoms with Crippen LogP contribution >= 0.6 is 11.8 Å². The van der Waals surface area contributed by atoms with E-state index in [0.29, 0.717) is 28.8 Å². The largest absolute Gasteiger partial charge is 0.416 e. The van der Waals surface area contributed by atoms with E-state index in [-0.39, 0.29) is 0 Å². The Kier molecular flexibility index (Phi) is 5.41. The van der Waals surface area contributed by atoms with Gasteiger partial charge in [-0.2, -0.15) is 13.2 Å². The number of halogens is 3. The predicted molar refractivity (Wildman–Crippen MR) is 94.5 cm³/mol. The van der Waals surface area contributed by atoms with Crippen LogP contribution in [0.4, 0.5) is 13.2 Å². The van der Waals surface area contributed by atoms with E-state index in [1.54, 1.807) is 24.5 Å². The van der Waals surface area contributed by atoms with Crippen molar-refractivity contribution >= 4 is 11.8 Å². The normalized spacial score (nSPS) is 11.5. The molecular weight excluding hydrogens is 361 g/mol. The zero-order chi connectivity index (χ0) is 18.6. The third-order valence-electron chi connectivity index (χ3n) is 3.59. The van der Waals surface area contributed by atoms with Crippen LogP contribution in [-0.4, -0.2) is 19.7 Å². The van der Waals surface area contributed by atoms with Crippen LogP contribution in [0.15, 0.2) is 66.6 Å². The molecule has 0 aliphatic rings. The van der Waals surface area contributed by atoms with Crippen molar-refractivity contribution in [1.29, 1.82) is 0 Å². The highest BCUT2D eigenvalue weighted by atomic mass is 32.2. The summed E-state index contributed by atoms with van der Waals surface area (Å²) in [5.74, 6) is 1.02. The maximum Gasteiger partial charge on any atom is 0.416 e. The minimum Gasteiger partial charge on any atom is -0.298 e. The summed E-state index contributed by atoms with van der Waals surface area (Å²) in [4.78, 5) is 3.98. The minimum absolute atomic E-state index is 0.357. The lowest BCUT2D eigenvalue weighted by Crippen LogP contribution is -2.05. The average Bonchev–Trinajstić information content (AvgIpc) is 3.03. The van der Waals surface area contributed by atoms with Gasteiger partial charge in [0.25, 0.3) is 0 Å². The summed E-state index contributed by atoms with van der Waals surface area (Å²) in [6, 6.07) is 8.95. The number of nitrogens with zero attached hydrogens (tertiary/aromatic N) is 4. The highest BCUT2D eigenvalue weighted by Crippen LogP contribution is 2.31. The number of rotatable bonds is 6. The standard InChI is InChI=1S/C18H15F3N4S/c1-2-10-25-16(14-6-8-22-9-7-14)23-24-17(25)26-12-13-4-3-5-15(11-13)18(19,20)21/h2-9,11H,1,10,12H2. The summed E-state index contributed by atoms with van der Waals surface area (Å²) in [5, 5.41) is 9.01. The van der Waals surface area contributed by atoms with E-state index >= 15 is 0 Å². The first-order valence-electron chi connectivity index (χ1n) is 7.72. The van der Waals surface area contributed by atoms with Gasteiger partial charge in [0, 0.05) is 30.3 Å². The molecule has 0 spiro atoms. The van der Waals surface area contributed by atoms with Crippen molar-refractivity contribution in [3.8, 4) is 11.4 Å². The van der Waals surface area contributed by atoms with Gasteiger partial charge in [-0.1, -0.05) is 36.0 Å². The van der Waals surface area contributed by atoms with E-state index in [9.17, 15) is 13.2 Å². The lowest BCUT2D eigenvalue weighted by atomic mass is 10.1. The maximum absolute atomic E-state index is 12.8. The lowest BCUT2D eigenvalue weighted by Gasteiger charge is -2.09. The number of aromatic nitrogens is 4. The molecule has 0 saturated heterocycles. The fourth-order valence-electron chi connectivity index (χ4n) is 2.39. The molecule has 4 nitrogen and oxygen atoms in total. The molecule has 0 unspecified atom stereocenters. The van der Waals surface area contributed by atoms with Crippen LogP contribution in [0.3, 0.4) is 0 Å². The van der Waals surface area contributed by atoms with Crippen LogP contribution in [0.25, 0.3) is 11.4 Å². The van der Waals surface area contributed by atoms with Gasteiger partial charge in [-0.25, -0.2) is 0 Å². The molecule has 26 heavy (non-hydrogen) atoms. The van der Waals surface area contributed by atoms with Gasteiger partial charge in [-0.15, -0.1) is 16.8 Å². The van der Waals surface area contributed by atoms with Gasteiger partial charge in [0.1, 0.15) is 0 Å². The molecule has 0 saturated carbocycles. The molecule has 0 radical (unpaired) electrons. The molecule has 134 valence electrons. The molecule has 3 aromatic rings. The second-order valence-electron chi connectivity index (χ2n) is 5.43. The highest BCUT2D eigenvalue weighted by Gasteiger charge is 2.30. The Hall–Kier alpha value is -2.61. The molecule has 0 bridgehead atoms. The first-order valence-corrected chi connectivity index (χ1v) is 8.71. The number of thioether (sulfide) groups is 1. The molecule has 2 aromatic heterocycles. The summed E-state index contributed by atoms with van der Waals surface area (Å²) in [5.41, 5.74) is 0.782. The average molecular weight is 376 g/mol. The van der Waals surface area contributed by atoms with E-state index in [1.165, 1.54) is 17.8 Å². The van der Waals surface area contributed by atoms with Crippen LogP contribution in [0, 0.1) is 0 Å². The first-order chi connectivity index (χ1) is 12.5. The zero-order valence-electron chi connectivity index (χ0n) is 13.6. The van der Waals surface area contributed by atoms with Crippen LogP contribution in [0.5, 0.6) is 0 Å². The summed E-state index contributed by atoms with van der Waals surface area (Å²) in [6.07, 6.45) is 0.704. The Morgan fingerprint density at radius 3 is 2.58 bits per heavy atom. The summed E-state index contributed by atoms with van der Waals surface area (Å²) in [6.45, 7) is 4.24. The van der Waals surface area contributed by atoms with E-state index in [4.69, 9.17) is 0 Å². The monoisotopic (exact) mass is 376 g/mol. The molecule has 1 aromatic carbocycles.